The van der Waals surface area contributed by atoms with Crippen LogP contribution >= 0.6 is 0 Å². The third-order valence-electron chi connectivity index (χ3n) is 8.47. The Balaban J connectivity index is 1.87. The molecule has 2 aromatic carbocycles. The van der Waals surface area contributed by atoms with E-state index in [1.807, 2.05) is 26.8 Å². The SMILES string of the molecule is CC(C)c1cc2c(cc1C(=NO)c1ccc(C(F)(F)F)cc1)[C@@]1(C)CCC[C@@](C)(C(=O)O)[C@@H]1CC2. The van der Waals surface area contributed by atoms with Gasteiger partial charge < -0.3 is 10.3 Å². The van der Waals surface area contributed by atoms with Crippen molar-refractivity contribution in [2.45, 2.75) is 77.3 Å². The quantitative estimate of drug-likeness (QED) is 0.273. The first-order valence-corrected chi connectivity index (χ1v) is 12.1. The van der Waals surface area contributed by atoms with E-state index in [1.165, 1.54) is 17.7 Å². The smallest absolute Gasteiger partial charge is 0.416 e. The number of benzene rings is 2. The molecule has 0 amide bonds. The van der Waals surface area contributed by atoms with Crippen molar-refractivity contribution in [2.24, 2.45) is 16.5 Å². The molecule has 0 saturated heterocycles. The van der Waals surface area contributed by atoms with E-state index < -0.39 is 23.1 Å². The van der Waals surface area contributed by atoms with E-state index in [1.54, 1.807) is 0 Å². The molecule has 0 heterocycles. The van der Waals surface area contributed by atoms with Crippen molar-refractivity contribution < 1.29 is 28.3 Å². The van der Waals surface area contributed by atoms with E-state index in [-0.39, 0.29) is 23.0 Å². The number of halogens is 3. The summed E-state index contributed by atoms with van der Waals surface area (Å²) in [5.41, 5.74) is 2.53. The van der Waals surface area contributed by atoms with Gasteiger partial charge in [0.05, 0.1) is 11.0 Å². The summed E-state index contributed by atoms with van der Waals surface area (Å²) >= 11 is 0. The van der Waals surface area contributed by atoms with Gasteiger partial charge >= 0.3 is 12.1 Å². The number of fused-ring (bicyclic) bond motifs is 3. The molecule has 2 aliphatic carbocycles. The summed E-state index contributed by atoms with van der Waals surface area (Å²) in [4.78, 5) is 12.3. The maximum atomic E-state index is 13.1. The molecule has 0 aromatic heterocycles. The Hall–Kier alpha value is -2.83. The molecule has 4 rings (SSSR count). The number of rotatable bonds is 4. The number of carboxylic acid groups (broad SMARTS) is 1. The highest BCUT2D eigenvalue weighted by Crippen LogP contribution is 2.57. The Kier molecular flexibility index (Phi) is 6.27. The monoisotopic (exact) mass is 487 g/mol. The predicted octanol–water partition coefficient (Wildman–Crippen LogP) is 7.15. The van der Waals surface area contributed by atoms with Crippen LogP contribution in [0, 0.1) is 11.3 Å². The lowest BCUT2D eigenvalue weighted by Crippen LogP contribution is -2.52. The molecule has 2 aromatic rings. The number of hydrogen-bond acceptors (Lipinski definition) is 3. The lowest BCUT2D eigenvalue weighted by Gasteiger charge is -2.53. The van der Waals surface area contributed by atoms with Crippen LogP contribution in [-0.4, -0.2) is 22.0 Å². The summed E-state index contributed by atoms with van der Waals surface area (Å²) in [7, 11) is 0. The van der Waals surface area contributed by atoms with Gasteiger partial charge in [0.25, 0.3) is 0 Å². The fourth-order valence-corrected chi connectivity index (χ4v) is 6.56. The van der Waals surface area contributed by atoms with Crippen LogP contribution in [0.1, 0.15) is 92.7 Å². The second-order valence-corrected chi connectivity index (χ2v) is 10.9. The largest absolute Gasteiger partial charge is 0.481 e. The summed E-state index contributed by atoms with van der Waals surface area (Å²) in [6.45, 7) is 8.06. The third-order valence-corrected chi connectivity index (χ3v) is 8.47. The van der Waals surface area contributed by atoms with Crippen molar-refractivity contribution in [3.8, 4) is 0 Å². The van der Waals surface area contributed by atoms with E-state index in [9.17, 15) is 28.3 Å². The molecule has 1 saturated carbocycles. The number of carboxylic acids is 1. The minimum atomic E-state index is -4.45. The molecule has 0 bridgehead atoms. The Morgan fingerprint density at radius 3 is 2.31 bits per heavy atom. The van der Waals surface area contributed by atoms with Gasteiger partial charge in [-0.25, -0.2) is 0 Å². The standard InChI is InChI=1S/C28H32F3NO3/c1-16(2)20-14-18-8-11-23-26(3,12-5-13-27(23,4)25(33)34)22(18)15-21(20)24(32-35)17-6-9-19(10-7-17)28(29,30)31/h6-7,9-10,14-16,23,35H,5,8,11-13H2,1-4H3,(H,33,34)/t23-,26-,27-/m1/s1. The zero-order chi connectivity index (χ0) is 25.8. The highest BCUT2D eigenvalue weighted by Gasteiger charge is 2.55. The van der Waals surface area contributed by atoms with Crippen molar-refractivity contribution >= 4 is 11.7 Å². The maximum Gasteiger partial charge on any atom is 0.416 e. The van der Waals surface area contributed by atoms with Gasteiger partial charge in [-0.3, -0.25) is 4.79 Å². The number of nitrogens with zero attached hydrogens (tertiary/aromatic N) is 1. The number of oxime groups is 1. The van der Waals surface area contributed by atoms with Crippen LogP contribution in [0.5, 0.6) is 0 Å². The molecule has 188 valence electrons. The molecule has 35 heavy (non-hydrogen) atoms. The lowest BCUT2D eigenvalue weighted by atomic mass is 9.49. The van der Waals surface area contributed by atoms with Crippen molar-refractivity contribution in [1.82, 2.24) is 0 Å². The number of carbonyl (C=O) groups is 1. The topological polar surface area (TPSA) is 69.9 Å². The van der Waals surface area contributed by atoms with E-state index in [2.05, 4.69) is 18.1 Å². The number of alkyl halides is 3. The summed E-state index contributed by atoms with van der Waals surface area (Å²) in [6, 6.07) is 8.77. The lowest BCUT2D eigenvalue weighted by molar-refractivity contribution is -0.157. The number of hydrogen-bond donors (Lipinski definition) is 2. The van der Waals surface area contributed by atoms with Gasteiger partial charge in [-0.15, -0.1) is 0 Å². The summed E-state index contributed by atoms with van der Waals surface area (Å²) in [5, 5.41) is 23.6. The highest BCUT2D eigenvalue weighted by atomic mass is 19.4. The fraction of sp³-hybridized carbons (Fsp3) is 0.500. The zero-order valence-electron chi connectivity index (χ0n) is 20.5. The summed E-state index contributed by atoms with van der Waals surface area (Å²) < 4.78 is 39.2. The first-order chi connectivity index (χ1) is 16.3. The van der Waals surface area contributed by atoms with Gasteiger partial charge in [-0.05, 0) is 84.7 Å². The van der Waals surface area contributed by atoms with Gasteiger partial charge in [0.2, 0.25) is 0 Å². The van der Waals surface area contributed by atoms with Crippen LogP contribution in [-0.2, 0) is 22.8 Å². The van der Waals surface area contributed by atoms with Gasteiger partial charge in [-0.2, -0.15) is 13.2 Å². The fourth-order valence-electron chi connectivity index (χ4n) is 6.56. The second kappa shape index (κ2) is 8.68. The molecule has 0 radical (unpaired) electrons. The van der Waals surface area contributed by atoms with Crippen molar-refractivity contribution in [1.29, 1.82) is 0 Å². The average Bonchev–Trinajstić information content (AvgIpc) is 2.79. The van der Waals surface area contributed by atoms with Crippen molar-refractivity contribution in [3.05, 3.63) is 69.8 Å². The Morgan fingerprint density at radius 1 is 1.11 bits per heavy atom. The summed E-state index contributed by atoms with van der Waals surface area (Å²) in [6.07, 6.45) is -0.585. The number of aryl methyl sites for hydroxylation is 1. The molecule has 2 N–H and O–H groups in total. The predicted molar refractivity (Wildman–Crippen MR) is 128 cm³/mol. The molecule has 3 atom stereocenters. The highest BCUT2D eigenvalue weighted by molar-refractivity contribution is 6.13. The van der Waals surface area contributed by atoms with Crippen LogP contribution in [0.3, 0.4) is 0 Å². The number of aliphatic carboxylic acids is 1. The van der Waals surface area contributed by atoms with Crippen molar-refractivity contribution in [3.63, 3.8) is 0 Å². The van der Waals surface area contributed by atoms with E-state index in [0.29, 0.717) is 17.5 Å². The van der Waals surface area contributed by atoms with Crippen LogP contribution < -0.4 is 0 Å². The van der Waals surface area contributed by atoms with Crippen molar-refractivity contribution in [2.75, 3.05) is 0 Å². The molecule has 7 heteroatoms. The van der Waals surface area contributed by atoms with Crippen LogP contribution in [0.25, 0.3) is 0 Å². The Bertz CT molecular complexity index is 1170. The summed E-state index contributed by atoms with van der Waals surface area (Å²) in [5.74, 6) is -0.715. The van der Waals surface area contributed by atoms with Gasteiger partial charge in [0.15, 0.2) is 0 Å². The molecule has 0 unspecified atom stereocenters. The molecular formula is C28H32F3NO3. The average molecular weight is 488 g/mol. The normalized spacial score (nSPS) is 26.9. The van der Waals surface area contributed by atoms with Gasteiger partial charge in [0.1, 0.15) is 5.71 Å². The molecule has 1 fully saturated rings. The second-order valence-electron chi connectivity index (χ2n) is 10.9. The van der Waals surface area contributed by atoms with E-state index in [0.717, 1.165) is 48.9 Å². The van der Waals surface area contributed by atoms with Crippen LogP contribution in [0.15, 0.2) is 41.6 Å². The first kappa shape index (κ1) is 25.3. The maximum absolute atomic E-state index is 13.1. The first-order valence-electron chi connectivity index (χ1n) is 12.1. The van der Waals surface area contributed by atoms with Gasteiger partial charge in [0, 0.05) is 11.1 Å². The third kappa shape index (κ3) is 4.13. The molecule has 4 nitrogen and oxygen atoms in total. The van der Waals surface area contributed by atoms with Gasteiger partial charge in [-0.1, -0.05) is 50.5 Å². The van der Waals surface area contributed by atoms with Crippen LogP contribution in [0.2, 0.25) is 0 Å². The zero-order valence-corrected chi connectivity index (χ0v) is 20.5. The molecule has 2 aliphatic rings. The Morgan fingerprint density at radius 2 is 1.77 bits per heavy atom. The molecular weight excluding hydrogens is 455 g/mol. The van der Waals surface area contributed by atoms with E-state index >= 15 is 0 Å². The molecule has 0 aliphatic heterocycles. The van der Waals surface area contributed by atoms with E-state index in [4.69, 9.17) is 0 Å². The Labute approximate surface area is 203 Å². The minimum absolute atomic E-state index is 0.0351. The minimum Gasteiger partial charge on any atom is -0.481 e. The molecule has 0 spiro atoms. The van der Waals surface area contributed by atoms with Crippen LogP contribution in [0.4, 0.5) is 13.2 Å².